The lowest BCUT2D eigenvalue weighted by atomic mass is 10.1. The van der Waals surface area contributed by atoms with Gasteiger partial charge in [-0.15, -0.1) is 0 Å². The van der Waals surface area contributed by atoms with Crippen LogP contribution in [0.15, 0.2) is 36.4 Å². The van der Waals surface area contributed by atoms with Crippen LogP contribution < -0.4 is 14.8 Å². The summed E-state index contributed by atoms with van der Waals surface area (Å²) in [5.41, 5.74) is -0.463. The number of hydrogen-bond acceptors (Lipinski definition) is 8. The summed E-state index contributed by atoms with van der Waals surface area (Å²) >= 11 is 0. The van der Waals surface area contributed by atoms with Gasteiger partial charge >= 0.3 is 6.03 Å². The molecule has 0 unspecified atom stereocenters. The molecule has 0 spiro atoms. The molecule has 4 atom stereocenters. The van der Waals surface area contributed by atoms with Crippen LogP contribution in [-0.4, -0.2) is 92.6 Å². The first-order valence-corrected chi connectivity index (χ1v) is 17.1. The predicted molar refractivity (Wildman–Crippen MR) is 162 cm³/mol. The zero-order valence-corrected chi connectivity index (χ0v) is 26.4. The molecule has 3 fully saturated rings. The first-order chi connectivity index (χ1) is 21.2. The van der Waals surface area contributed by atoms with Gasteiger partial charge in [0.05, 0.1) is 18.5 Å². The van der Waals surface area contributed by atoms with Crippen LogP contribution in [0.1, 0.15) is 63.9 Å². The van der Waals surface area contributed by atoms with Crippen molar-refractivity contribution in [3.05, 3.63) is 42.0 Å². The van der Waals surface area contributed by atoms with Crippen molar-refractivity contribution in [2.75, 3.05) is 33.6 Å². The van der Waals surface area contributed by atoms with Gasteiger partial charge in [-0.2, -0.15) is 0 Å². The lowest BCUT2D eigenvalue weighted by molar-refractivity contribution is -0.131. The Balaban J connectivity index is 1.40. The average molecular weight is 633 g/mol. The maximum Gasteiger partial charge on any atom is 0.321 e. The smallest absolute Gasteiger partial charge is 0.321 e. The fraction of sp³-hybridized carbons (Fsp3) is 0.645. The van der Waals surface area contributed by atoms with Crippen LogP contribution in [0, 0.1) is 5.92 Å². The summed E-state index contributed by atoms with van der Waals surface area (Å²) < 4.78 is 44.0. The zero-order valence-electron chi connectivity index (χ0n) is 25.5. The number of fused-ring (bicyclic) bond motifs is 2. The monoisotopic (exact) mass is 632 g/mol. The molecular weight excluding hydrogens is 588 g/mol. The molecule has 1 aromatic carbocycles. The van der Waals surface area contributed by atoms with Gasteiger partial charge in [-0.25, -0.2) is 13.2 Å². The number of methoxy groups -OCH3 is 1. The number of ether oxygens (including phenoxy) is 3. The number of sulfonamides is 1. The first-order valence-electron chi connectivity index (χ1n) is 15.6. The highest BCUT2D eigenvalue weighted by molar-refractivity contribution is 7.91. The molecule has 44 heavy (non-hydrogen) atoms. The maximum atomic E-state index is 14.2. The molecule has 13 heteroatoms. The third kappa shape index (κ3) is 7.55. The van der Waals surface area contributed by atoms with Gasteiger partial charge in [0.1, 0.15) is 24.1 Å². The molecule has 0 bridgehead atoms. The molecule has 4 aliphatic rings. The molecule has 242 valence electrons. The van der Waals surface area contributed by atoms with Crippen LogP contribution in [0.25, 0.3) is 0 Å². The van der Waals surface area contributed by atoms with Crippen LogP contribution in [-0.2, 0) is 35.6 Å². The van der Waals surface area contributed by atoms with Crippen LogP contribution in [0.2, 0.25) is 0 Å². The van der Waals surface area contributed by atoms with E-state index in [0.717, 1.165) is 37.0 Å². The van der Waals surface area contributed by atoms with Gasteiger partial charge in [0.15, 0.2) is 0 Å². The summed E-state index contributed by atoms with van der Waals surface area (Å²) in [7, 11) is -2.21. The van der Waals surface area contributed by atoms with Crippen molar-refractivity contribution in [2.24, 2.45) is 5.92 Å². The molecule has 2 aliphatic heterocycles. The van der Waals surface area contributed by atoms with E-state index in [-0.39, 0.29) is 38.1 Å². The van der Waals surface area contributed by atoms with Gasteiger partial charge in [-0.1, -0.05) is 30.7 Å². The minimum absolute atomic E-state index is 0.0331. The summed E-state index contributed by atoms with van der Waals surface area (Å²) in [6.45, 7) is 3.39. The molecule has 2 saturated carbocycles. The van der Waals surface area contributed by atoms with Crippen LogP contribution >= 0.6 is 0 Å². The molecular formula is C31H44N4O8S. The van der Waals surface area contributed by atoms with Gasteiger partial charge in [0.2, 0.25) is 15.9 Å². The molecule has 2 heterocycles. The number of benzene rings is 1. The van der Waals surface area contributed by atoms with Crippen molar-refractivity contribution >= 4 is 27.9 Å². The van der Waals surface area contributed by atoms with E-state index in [1.165, 1.54) is 4.90 Å². The lowest BCUT2D eigenvalue weighted by Gasteiger charge is -2.32. The maximum absolute atomic E-state index is 14.2. The summed E-state index contributed by atoms with van der Waals surface area (Å²) in [6.07, 6.45) is 8.37. The molecule has 2 aliphatic carbocycles. The average Bonchev–Trinajstić information content (AvgIpc) is 3.93. The number of allylic oxidation sites excluding steroid dienone is 1. The quantitative estimate of drug-likeness (QED) is 0.228. The van der Waals surface area contributed by atoms with E-state index >= 15 is 0 Å². The second-order valence-corrected chi connectivity index (χ2v) is 14.0. The zero-order chi connectivity index (χ0) is 31.3. The Morgan fingerprint density at radius 2 is 1.91 bits per heavy atom. The number of carbonyl (C=O) groups excluding carboxylic acids is 3. The Morgan fingerprint density at radius 3 is 2.61 bits per heavy atom. The number of hydrogen-bond donors (Lipinski definition) is 2. The van der Waals surface area contributed by atoms with E-state index in [1.54, 1.807) is 12.0 Å². The van der Waals surface area contributed by atoms with Crippen LogP contribution in [0.5, 0.6) is 5.75 Å². The van der Waals surface area contributed by atoms with Gasteiger partial charge in [-0.3, -0.25) is 14.3 Å². The topological polar surface area (TPSA) is 144 Å². The van der Waals surface area contributed by atoms with Gasteiger partial charge < -0.3 is 29.3 Å². The van der Waals surface area contributed by atoms with Crippen molar-refractivity contribution in [3.8, 4) is 5.75 Å². The van der Waals surface area contributed by atoms with E-state index in [1.807, 2.05) is 43.3 Å². The Bertz CT molecular complexity index is 1330. The fourth-order valence-corrected chi connectivity index (χ4v) is 7.31. The van der Waals surface area contributed by atoms with E-state index < -0.39 is 44.8 Å². The minimum atomic E-state index is -3.81. The summed E-state index contributed by atoms with van der Waals surface area (Å²) in [5, 5.41) is 2.32. The molecule has 1 aromatic rings. The van der Waals surface area contributed by atoms with E-state index in [2.05, 4.69) is 10.0 Å². The summed E-state index contributed by atoms with van der Waals surface area (Å²) in [6, 6.07) is 6.33. The molecule has 12 nitrogen and oxygen atoms in total. The normalized spacial score (nSPS) is 27.9. The standard InChI is InChI=1S/C31H44N4O8S/c1-3-42-21-43-25-17-27-28(36)32-31(29(37)33-44(39,40)26-14-15-26)18-23(31)9-7-5-4-6-8-16-34(30(38)35(27)20-25)19-22-10-12-24(41-2)13-11-22/h7,9-13,23,25-27H,3-6,8,14-21H2,1-2H3,(H,32,36)(H,33,37)/t23-,25-,27+,31-/m1/s1. The number of rotatable bonds is 10. The number of urea groups is 1. The fourth-order valence-electron chi connectivity index (χ4n) is 5.95. The number of nitrogens with one attached hydrogen (secondary N) is 2. The number of nitrogens with zero attached hydrogens (tertiary/aromatic N) is 2. The largest absolute Gasteiger partial charge is 0.497 e. The highest BCUT2D eigenvalue weighted by Crippen LogP contribution is 2.46. The Morgan fingerprint density at radius 1 is 1.14 bits per heavy atom. The van der Waals surface area contributed by atoms with E-state index in [9.17, 15) is 22.8 Å². The summed E-state index contributed by atoms with van der Waals surface area (Å²) in [4.78, 5) is 44.9. The van der Waals surface area contributed by atoms with Crippen molar-refractivity contribution in [1.82, 2.24) is 19.8 Å². The Kier molecular flexibility index (Phi) is 10.2. The highest BCUT2D eigenvalue weighted by Gasteiger charge is 2.62. The molecule has 0 aromatic heterocycles. The van der Waals surface area contributed by atoms with Gasteiger partial charge in [-0.05, 0) is 63.1 Å². The van der Waals surface area contributed by atoms with Crippen molar-refractivity contribution in [1.29, 1.82) is 0 Å². The molecule has 5 rings (SSSR count). The lowest BCUT2D eigenvalue weighted by Crippen LogP contribution is -2.57. The third-order valence-electron chi connectivity index (χ3n) is 8.84. The first kappa shape index (κ1) is 32.2. The minimum Gasteiger partial charge on any atom is -0.497 e. The summed E-state index contributed by atoms with van der Waals surface area (Å²) in [5.74, 6) is -0.849. The predicted octanol–water partition coefficient (Wildman–Crippen LogP) is 2.68. The van der Waals surface area contributed by atoms with Crippen LogP contribution in [0.4, 0.5) is 4.79 Å². The second-order valence-electron chi connectivity index (χ2n) is 12.1. The second kappa shape index (κ2) is 13.9. The van der Waals surface area contributed by atoms with Crippen molar-refractivity contribution < 1.29 is 37.0 Å². The van der Waals surface area contributed by atoms with Gasteiger partial charge in [0.25, 0.3) is 5.91 Å². The van der Waals surface area contributed by atoms with E-state index in [0.29, 0.717) is 32.5 Å². The number of amides is 4. The van der Waals surface area contributed by atoms with Crippen LogP contribution in [0.3, 0.4) is 0 Å². The molecule has 4 amide bonds. The third-order valence-corrected chi connectivity index (χ3v) is 10.7. The Hall–Kier alpha value is -3.16. The number of carbonyl (C=O) groups is 3. The molecule has 0 radical (unpaired) electrons. The molecule has 1 saturated heterocycles. The highest BCUT2D eigenvalue weighted by atomic mass is 32.2. The SMILES string of the molecule is CCOCO[C@@H]1C[C@H]2C(=O)N[C@]3(C(=O)NS(=O)(=O)C4CC4)C[C@H]3C=CCCCCCN(Cc3ccc(OC)cc3)C(=O)N2C1. The van der Waals surface area contributed by atoms with Crippen molar-refractivity contribution in [2.45, 2.75) is 87.8 Å². The van der Waals surface area contributed by atoms with Crippen molar-refractivity contribution in [3.63, 3.8) is 0 Å². The van der Waals surface area contributed by atoms with E-state index in [4.69, 9.17) is 14.2 Å². The van der Waals surface area contributed by atoms with Gasteiger partial charge in [0, 0.05) is 38.6 Å². The Labute approximate surface area is 259 Å². The molecule has 2 N–H and O–H groups in total.